The van der Waals surface area contributed by atoms with Crippen LogP contribution in [0.25, 0.3) is 0 Å². The second-order valence-electron chi connectivity index (χ2n) is 6.56. The number of nitrogens with zero attached hydrogens (tertiary/aromatic N) is 1. The minimum atomic E-state index is -4.42. The normalized spacial score (nSPS) is 21.5. The molecule has 2 N–H and O–H groups in total. The van der Waals surface area contributed by atoms with Crippen LogP contribution in [0.5, 0.6) is 5.88 Å². The summed E-state index contributed by atoms with van der Waals surface area (Å²) in [6.45, 7) is 2.35. The minimum Gasteiger partial charge on any atom is -0.481 e. The van der Waals surface area contributed by atoms with Crippen LogP contribution < -0.4 is 10.1 Å². The molecule has 25 heavy (non-hydrogen) atoms. The number of aliphatic carboxylic acids is 1. The fraction of sp³-hybridized carbons (Fsp3) is 0.562. The van der Waals surface area contributed by atoms with Gasteiger partial charge in [-0.05, 0) is 17.4 Å². The summed E-state index contributed by atoms with van der Waals surface area (Å²) in [4.78, 5) is 26.9. The van der Waals surface area contributed by atoms with E-state index in [1.807, 2.05) is 0 Å². The van der Waals surface area contributed by atoms with E-state index in [1.54, 1.807) is 19.9 Å². The van der Waals surface area contributed by atoms with Gasteiger partial charge in [0.05, 0.1) is 11.8 Å². The zero-order valence-electron chi connectivity index (χ0n) is 13.8. The number of carbonyl (C=O) groups is 2. The number of carbonyl (C=O) groups excluding carboxylic acids is 1. The van der Waals surface area contributed by atoms with Crippen LogP contribution in [0.2, 0.25) is 0 Å². The Balaban J connectivity index is 1.77. The third-order valence-electron chi connectivity index (χ3n) is 4.27. The predicted octanol–water partition coefficient (Wildman–Crippen LogP) is 2.04. The van der Waals surface area contributed by atoms with Gasteiger partial charge in [-0.25, -0.2) is 4.98 Å². The maximum absolute atomic E-state index is 12.0. The molecule has 1 aliphatic carbocycles. The molecular weight excluding hydrogens is 341 g/mol. The minimum absolute atomic E-state index is 0.130. The number of carboxylic acid groups (broad SMARTS) is 1. The van der Waals surface area contributed by atoms with Crippen molar-refractivity contribution in [3.05, 3.63) is 23.9 Å². The van der Waals surface area contributed by atoms with Crippen molar-refractivity contribution in [1.29, 1.82) is 0 Å². The van der Waals surface area contributed by atoms with E-state index in [4.69, 9.17) is 5.11 Å². The van der Waals surface area contributed by atoms with E-state index in [-0.39, 0.29) is 18.3 Å². The molecule has 0 saturated heterocycles. The van der Waals surface area contributed by atoms with E-state index in [2.05, 4.69) is 15.0 Å². The lowest BCUT2D eigenvalue weighted by Crippen LogP contribution is -2.29. The van der Waals surface area contributed by atoms with Crippen LogP contribution in [0.4, 0.5) is 13.2 Å². The average molecular weight is 360 g/mol. The van der Waals surface area contributed by atoms with Gasteiger partial charge in [-0.15, -0.1) is 0 Å². The smallest absolute Gasteiger partial charge is 0.422 e. The summed E-state index contributed by atoms with van der Waals surface area (Å²) < 4.78 is 40.6. The highest BCUT2D eigenvalue weighted by atomic mass is 19.4. The Morgan fingerprint density at radius 1 is 1.32 bits per heavy atom. The van der Waals surface area contributed by atoms with Gasteiger partial charge in [0.15, 0.2) is 6.61 Å². The number of aromatic nitrogens is 1. The zero-order chi connectivity index (χ0) is 18.8. The van der Waals surface area contributed by atoms with Crippen molar-refractivity contribution in [3.63, 3.8) is 0 Å². The number of amides is 1. The molecule has 0 unspecified atom stereocenters. The summed E-state index contributed by atoms with van der Waals surface area (Å²) in [5.41, 5.74) is 0.152. The van der Waals surface area contributed by atoms with Crippen molar-refractivity contribution in [2.45, 2.75) is 26.4 Å². The van der Waals surface area contributed by atoms with Crippen molar-refractivity contribution < 1.29 is 32.6 Å². The Labute approximate surface area is 142 Å². The molecule has 2 atom stereocenters. The van der Waals surface area contributed by atoms with Crippen LogP contribution in [0.1, 0.15) is 19.4 Å². The quantitative estimate of drug-likeness (QED) is 0.777. The fourth-order valence-corrected chi connectivity index (χ4v) is 2.83. The molecule has 1 amide bonds. The molecule has 138 valence electrons. The topological polar surface area (TPSA) is 88.5 Å². The predicted molar refractivity (Wildman–Crippen MR) is 80.9 cm³/mol. The van der Waals surface area contributed by atoms with E-state index in [9.17, 15) is 22.8 Å². The monoisotopic (exact) mass is 360 g/mol. The largest absolute Gasteiger partial charge is 0.481 e. The van der Waals surface area contributed by atoms with Gasteiger partial charge < -0.3 is 15.2 Å². The van der Waals surface area contributed by atoms with Gasteiger partial charge in [-0.1, -0.05) is 19.9 Å². The number of hydrogen-bond acceptors (Lipinski definition) is 4. The van der Waals surface area contributed by atoms with Gasteiger partial charge in [-0.3, -0.25) is 9.59 Å². The molecule has 9 heteroatoms. The van der Waals surface area contributed by atoms with E-state index in [0.717, 1.165) is 0 Å². The molecule has 1 aliphatic rings. The molecule has 6 nitrogen and oxygen atoms in total. The van der Waals surface area contributed by atoms with Gasteiger partial charge >= 0.3 is 12.1 Å². The van der Waals surface area contributed by atoms with E-state index in [1.165, 1.54) is 12.3 Å². The zero-order valence-corrected chi connectivity index (χ0v) is 13.8. The van der Waals surface area contributed by atoms with Crippen LogP contribution in [0.3, 0.4) is 0 Å². The van der Waals surface area contributed by atoms with Gasteiger partial charge in [0.25, 0.3) is 0 Å². The second-order valence-corrected chi connectivity index (χ2v) is 6.56. The highest BCUT2D eigenvalue weighted by Crippen LogP contribution is 2.58. The lowest BCUT2D eigenvalue weighted by molar-refractivity contribution is -0.154. The molecule has 1 aromatic rings. The highest BCUT2D eigenvalue weighted by Gasteiger charge is 2.65. The SMILES string of the molecule is CC1(C)[C@H](C(=O)O)[C@@H]1C(=O)NCCc1ccc(OCC(F)(F)F)nc1. The Morgan fingerprint density at radius 2 is 2.00 bits per heavy atom. The summed E-state index contributed by atoms with van der Waals surface area (Å²) >= 11 is 0. The second kappa shape index (κ2) is 6.89. The van der Waals surface area contributed by atoms with Gasteiger partial charge in [-0.2, -0.15) is 13.2 Å². The summed E-state index contributed by atoms with van der Waals surface area (Å²) in [5, 5.41) is 11.7. The molecule has 1 fully saturated rings. The van der Waals surface area contributed by atoms with Crippen molar-refractivity contribution in [1.82, 2.24) is 10.3 Å². The first-order valence-corrected chi connectivity index (χ1v) is 7.67. The maximum atomic E-state index is 12.0. The number of rotatable bonds is 7. The van der Waals surface area contributed by atoms with E-state index < -0.39 is 36.0 Å². The Hall–Kier alpha value is -2.32. The number of hydrogen-bond donors (Lipinski definition) is 2. The number of nitrogens with one attached hydrogen (secondary N) is 1. The third-order valence-corrected chi connectivity index (χ3v) is 4.27. The van der Waals surface area contributed by atoms with Crippen molar-refractivity contribution in [2.24, 2.45) is 17.3 Å². The molecule has 0 spiro atoms. The van der Waals surface area contributed by atoms with Crippen LogP contribution in [0, 0.1) is 17.3 Å². The lowest BCUT2D eigenvalue weighted by Gasteiger charge is -2.09. The van der Waals surface area contributed by atoms with Crippen molar-refractivity contribution in [3.8, 4) is 5.88 Å². The first-order chi connectivity index (χ1) is 11.5. The molecule has 0 radical (unpaired) electrons. The molecule has 0 aliphatic heterocycles. The molecular formula is C16H19F3N2O4. The Morgan fingerprint density at radius 3 is 2.48 bits per heavy atom. The molecule has 1 saturated carbocycles. The van der Waals surface area contributed by atoms with Crippen LogP contribution in [-0.2, 0) is 16.0 Å². The Kier molecular flexibility index (Phi) is 5.24. The maximum Gasteiger partial charge on any atom is 0.422 e. The summed E-state index contributed by atoms with van der Waals surface area (Å²) in [7, 11) is 0. The lowest BCUT2D eigenvalue weighted by atomic mass is 10.1. The van der Waals surface area contributed by atoms with Crippen molar-refractivity contribution >= 4 is 11.9 Å². The number of alkyl halides is 3. The number of ether oxygens (including phenoxy) is 1. The van der Waals surface area contributed by atoms with Gasteiger partial charge in [0.1, 0.15) is 0 Å². The first kappa shape index (κ1) is 19.0. The molecule has 1 heterocycles. The molecule has 1 aromatic heterocycles. The van der Waals surface area contributed by atoms with Gasteiger partial charge in [0.2, 0.25) is 11.8 Å². The fourth-order valence-electron chi connectivity index (χ4n) is 2.83. The number of pyridine rings is 1. The number of halogens is 3. The number of carboxylic acids is 1. The van der Waals surface area contributed by atoms with E-state index in [0.29, 0.717) is 12.0 Å². The molecule has 0 aromatic carbocycles. The summed E-state index contributed by atoms with van der Waals surface area (Å²) in [5.74, 6) is -2.66. The van der Waals surface area contributed by atoms with Crippen molar-refractivity contribution in [2.75, 3.05) is 13.2 Å². The summed E-state index contributed by atoms with van der Waals surface area (Å²) in [6, 6.07) is 2.89. The van der Waals surface area contributed by atoms with Crippen LogP contribution in [0.15, 0.2) is 18.3 Å². The molecule has 2 rings (SSSR count). The van der Waals surface area contributed by atoms with Crippen LogP contribution in [-0.4, -0.2) is 41.3 Å². The van der Waals surface area contributed by atoms with Gasteiger partial charge in [0, 0.05) is 18.8 Å². The first-order valence-electron chi connectivity index (χ1n) is 7.67. The van der Waals surface area contributed by atoms with Crippen LogP contribution >= 0.6 is 0 Å². The third kappa shape index (κ3) is 4.83. The van der Waals surface area contributed by atoms with E-state index >= 15 is 0 Å². The molecule has 0 bridgehead atoms. The summed E-state index contributed by atoms with van der Waals surface area (Å²) in [6.07, 6.45) is -2.63. The Bertz CT molecular complexity index is 644. The average Bonchev–Trinajstić information content (AvgIpc) is 3.08. The standard InChI is InChI=1S/C16H19F3N2O4/c1-15(2)11(12(15)14(23)24)13(22)20-6-5-9-3-4-10(21-7-9)25-8-16(17,18)19/h3-4,7,11-12H,5-6,8H2,1-2H3,(H,20,22)(H,23,24)/t11-,12+/m1/s1. The highest BCUT2D eigenvalue weighted by molar-refractivity contribution is 5.91.